The number of aromatic nitrogens is 2. The normalized spacial score (nSPS) is 12.7. The van der Waals surface area contributed by atoms with E-state index in [-0.39, 0.29) is 16.7 Å². The van der Waals surface area contributed by atoms with Crippen LogP contribution in [0.3, 0.4) is 0 Å². The number of amides is 1. The van der Waals surface area contributed by atoms with Gasteiger partial charge in [-0.2, -0.15) is 13.2 Å². The third-order valence-corrected chi connectivity index (χ3v) is 4.82. The predicted molar refractivity (Wildman–Crippen MR) is 118 cm³/mol. The molecule has 0 aliphatic carbocycles. The molecule has 0 atom stereocenters. The Morgan fingerprint density at radius 2 is 1.91 bits per heavy atom. The molecule has 6 nitrogen and oxygen atoms in total. The summed E-state index contributed by atoms with van der Waals surface area (Å²) in [7, 11) is 1.43. The average Bonchev–Trinajstić information content (AvgIpc) is 3.16. The van der Waals surface area contributed by atoms with Gasteiger partial charge in [0.2, 0.25) is 5.82 Å². The third kappa shape index (κ3) is 4.56. The number of hydrogen-bond donors (Lipinski definition) is 1. The third-order valence-electron chi connectivity index (χ3n) is 4.82. The van der Waals surface area contributed by atoms with Crippen LogP contribution in [0, 0.1) is 0 Å². The fourth-order valence-electron chi connectivity index (χ4n) is 3.12. The maximum atomic E-state index is 13.7. The number of aliphatic imine (C=N–C) groups is 1. The van der Waals surface area contributed by atoms with Gasteiger partial charge in [-0.05, 0) is 62.5 Å². The van der Waals surface area contributed by atoms with Crippen LogP contribution in [0.2, 0.25) is 0 Å². The van der Waals surface area contributed by atoms with Crippen LogP contribution in [-0.2, 0) is 11.0 Å². The van der Waals surface area contributed by atoms with Gasteiger partial charge in [-0.1, -0.05) is 6.08 Å². The van der Waals surface area contributed by atoms with Gasteiger partial charge in [-0.3, -0.25) is 14.4 Å². The van der Waals surface area contributed by atoms with Crippen LogP contribution in [0.4, 0.5) is 18.9 Å². The van der Waals surface area contributed by atoms with Crippen molar-refractivity contribution < 1.29 is 22.7 Å². The number of carbonyl (C=O) groups is 1. The number of rotatable bonds is 6. The number of fused-ring (bicyclic) bond motifs is 1. The lowest BCUT2D eigenvalue weighted by atomic mass is 10.1. The highest BCUT2D eigenvalue weighted by Gasteiger charge is 2.38. The molecule has 0 radical (unpaired) electrons. The highest BCUT2D eigenvalue weighted by molar-refractivity contribution is 6.06. The van der Waals surface area contributed by atoms with Crippen LogP contribution in [0.1, 0.15) is 19.7 Å². The molecule has 3 rings (SSSR count). The van der Waals surface area contributed by atoms with E-state index in [4.69, 9.17) is 4.74 Å². The zero-order valence-corrected chi connectivity index (χ0v) is 17.7. The topological polar surface area (TPSA) is 68.5 Å². The Kier molecular flexibility index (Phi) is 6.47. The van der Waals surface area contributed by atoms with Gasteiger partial charge in [0.25, 0.3) is 5.91 Å². The van der Waals surface area contributed by atoms with Gasteiger partial charge in [0.1, 0.15) is 5.75 Å². The first-order chi connectivity index (χ1) is 15.2. The molecule has 0 aliphatic rings. The second kappa shape index (κ2) is 9.09. The van der Waals surface area contributed by atoms with Crippen molar-refractivity contribution in [3.63, 3.8) is 0 Å². The van der Waals surface area contributed by atoms with Gasteiger partial charge in [-0.15, -0.1) is 0 Å². The zero-order chi connectivity index (χ0) is 23.5. The Hall–Kier alpha value is -3.88. The van der Waals surface area contributed by atoms with Gasteiger partial charge < -0.3 is 10.1 Å². The van der Waals surface area contributed by atoms with E-state index in [1.54, 1.807) is 26.0 Å². The maximum absolute atomic E-state index is 13.7. The molecular weight excluding hydrogens is 421 g/mol. The first-order valence-corrected chi connectivity index (χ1v) is 9.54. The monoisotopic (exact) mass is 442 g/mol. The number of nitrogens with one attached hydrogen (secondary N) is 1. The standard InChI is InChI=1S/C23H21F3N4O2/c1-5-14(2)18(13-27-3)21(31)28-15-6-8-16(9-7-15)30-20-11-10-17(32-4)12-19(20)29-22(30)23(24,25)26/h5-13H,3H2,1-2,4H3,(H,28,31)/b14-5-,18-13+. The summed E-state index contributed by atoms with van der Waals surface area (Å²) in [4.78, 5) is 20.0. The molecule has 0 spiro atoms. The first kappa shape index (κ1) is 22.8. The molecule has 0 saturated carbocycles. The fourth-order valence-corrected chi connectivity index (χ4v) is 3.12. The van der Waals surface area contributed by atoms with E-state index in [9.17, 15) is 18.0 Å². The Morgan fingerprint density at radius 3 is 2.47 bits per heavy atom. The minimum atomic E-state index is -4.67. The average molecular weight is 442 g/mol. The number of benzene rings is 2. The van der Waals surface area contributed by atoms with Gasteiger partial charge in [0.15, 0.2) is 0 Å². The number of halogens is 3. The molecule has 0 unspecified atom stereocenters. The van der Waals surface area contributed by atoms with E-state index in [2.05, 4.69) is 22.0 Å². The molecule has 2 aromatic carbocycles. The smallest absolute Gasteiger partial charge is 0.450 e. The van der Waals surface area contributed by atoms with Crippen LogP contribution in [-0.4, -0.2) is 29.3 Å². The molecule has 3 aromatic rings. The van der Waals surface area contributed by atoms with Crippen LogP contribution < -0.4 is 10.1 Å². The van der Waals surface area contributed by atoms with Gasteiger partial charge in [-0.25, -0.2) is 4.98 Å². The molecule has 1 amide bonds. The summed E-state index contributed by atoms with van der Waals surface area (Å²) in [5, 5.41) is 2.71. The minimum Gasteiger partial charge on any atom is -0.497 e. The number of alkyl halides is 3. The lowest BCUT2D eigenvalue weighted by molar-refractivity contribution is -0.145. The molecule has 0 bridgehead atoms. The number of carbonyl (C=O) groups excluding carboxylic acids is 1. The van der Waals surface area contributed by atoms with Gasteiger partial charge in [0.05, 0.1) is 23.7 Å². The number of nitrogens with zero attached hydrogens (tertiary/aromatic N) is 3. The van der Waals surface area contributed by atoms with E-state index in [0.29, 0.717) is 22.6 Å². The lowest BCUT2D eigenvalue weighted by Crippen LogP contribution is -2.16. The Bertz CT molecular complexity index is 1220. The number of hydrogen-bond acceptors (Lipinski definition) is 4. The minimum absolute atomic E-state index is 0.155. The van der Waals surface area contributed by atoms with Crippen molar-refractivity contribution in [2.45, 2.75) is 20.0 Å². The maximum Gasteiger partial charge on any atom is 0.450 e. The van der Waals surface area contributed by atoms with Crippen molar-refractivity contribution >= 4 is 29.3 Å². The van der Waals surface area contributed by atoms with Crippen LogP contribution >= 0.6 is 0 Å². The number of allylic oxidation sites excluding steroid dienone is 1. The van der Waals surface area contributed by atoms with Crippen molar-refractivity contribution in [1.29, 1.82) is 0 Å². The molecule has 0 fully saturated rings. The Balaban J connectivity index is 1.99. The molecule has 9 heteroatoms. The molecule has 32 heavy (non-hydrogen) atoms. The Labute approximate surface area is 182 Å². The molecule has 1 aromatic heterocycles. The van der Waals surface area contributed by atoms with Crippen LogP contribution in [0.5, 0.6) is 5.75 Å². The van der Waals surface area contributed by atoms with E-state index in [0.717, 1.165) is 4.57 Å². The molecule has 1 N–H and O–H groups in total. The molecular formula is C23H21F3N4O2. The summed E-state index contributed by atoms with van der Waals surface area (Å²) in [5.41, 5.74) is 2.14. The Morgan fingerprint density at radius 1 is 1.22 bits per heavy atom. The van der Waals surface area contributed by atoms with Gasteiger partial charge in [0, 0.05) is 23.6 Å². The second-order valence-corrected chi connectivity index (χ2v) is 6.82. The molecule has 166 valence electrons. The summed E-state index contributed by atoms with van der Waals surface area (Å²) in [6.45, 7) is 6.92. The lowest BCUT2D eigenvalue weighted by Gasteiger charge is -2.13. The van der Waals surface area contributed by atoms with Crippen LogP contribution in [0.15, 0.2) is 70.9 Å². The van der Waals surface area contributed by atoms with Crippen molar-refractivity contribution in [1.82, 2.24) is 9.55 Å². The predicted octanol–water partition coefficient (Wildman–Crippen LogP) is 5.54. The van der Waals surface area contributed by atoms with Crippen molar-refractivity contribution in [2.75, 3.05) is 12.4 Å². The van der Waals surface area contributed by atoms with Crippen LogP contribution in [0.25, 0.3) is 16.7 Å². The summed E-state index contributed by atoms with van der Waals surface area (Å²) in [5.74, 6) is -1.05. The molecule has 0 aliphatic heterocycles. The first-order valence-electron chi connectivity index (χ1n) is 9.54. The van der Waals surface area contributed by atoms with Crippen molar-refractivity contribution in [3.8, 4) is 11.4 Å². The van der Waals surface area contributed by atoms with E-state index >= 15 is 0 Å². The number of anilines is 1. The number of imidazole rings is 1. The van der Waals surface area contributed by atoms with E-state index < -0.39 is 17.9 Å². The second-order valence-electron chi connectivity index (χ2n) is 6.82. The summed E-state index contributed by atoms with van der Waals surface area (Å²) >= 11 is 0. The highest BCUT2D eigenvalue weighted by atomic mass is 19.4. The van der Waals surface area contributed by atoms with E-state index in [1.165, 1.54) is 49.7 Å². The van der Waals surface area contributed by atoms with E-state index in [1.807, 2.05) is 0 Å². The summed E-state index contributed by atoms with van der Waals surface area (Å²) in [6.07, 6.45) is -1.56. The summed E-state index contributed by atoms with van der Waals surface area (Å²) < 4.78 is 47.2. The fraction of sp³-hybridized carbons (Fsp3) is 0.174. The number of ether oxygens (including phenoxy) is 1. The molecule has 0 saturated heterocycles. The largest absolute Gasteiger partial charge is 0.497 e. The number of methoxy groups -OCH3 is 1. The van der Waals surface area contributed by atoms with Crippen molar-refractivity contribution in [2.24, 2.45) is 4.99 Å². The van der Waals surface area contributed by atoms with Gasteiger partial charge >= 0.3 is 6.18 Å². The molecule has 1 heterocycles. The zero-order valence-electron chi connectivity index (χ0n) is 17.7. The highest BCUT2D eigenvalue weighted by Crippen LogP contribution is 2.35. The quantitative estimate of drug-likeness (QED) is 0.310. The van der Waals surface area contributed by atoms with Crippen molar-refractivity contribution in [3.05, 3.63) is 71.7 Å². The SMILES string of the molecule is C=N/C=C(C(=O)Nc1ccc(-n2c(C(F)(F)F)nc3cc(OC)ccc32)cc1)\C(C)=C/C. The summed E-state index contributed by atoms with van der Waals surface area (Å²) in [6, 6.07) is 10.5.